The first-order valence-corrected chi connectivity index (χ1v) is 8.68. The van der Waals surface area contributed by atoms with Gasteiger partial charge in [-0.1, -0.05) is 30.3 Å². The Morgan fingerprint density at radius 2 is 1.96 bits per heavy atom. The number of primary amides is 1. The van der Waals surface area contributed by atoms with Crippen LogP contribution in [0.3, 0.4) is 0 Å². The molecule has 1 atom stereocenters. The van der Waals surface area contributed by atoms with Crippen LogP contribution in [0.5, 0.6) is 0 Å². The van der Waals surface area contributed by atoms with E-state index in [1.165, 1.54) is 5.56 Å². The Hall–Kier alpha value is -2.08. The van der Waals surface area contributed by atoms with Gasteiger partial charge in [0.05, 0.1) is 0 Å². The molecule has 4 N–H and O–H groups in total. The van der Waals surface area contributed by atoms with Crippen molar-refractivity contribution in [2.45, 2.75) is 31.7 Å². The van der Waals surface area contributed by atoms with Crippen molar-refractivity contribution >= 4 is 11.9 Å². The monoisotopic (exact) mass is 330 g/mol. The summed E-state index contributed by atoms with van der Waals surface area (Å²) in [6.45, 7) is 3.06. The molecule has 0 saturated carbocycles. The molecule has 2 saturated heterocycles. The van der Waals surface area contributed by atoms with E-state index in [2.05, 4.69) is 10.6 Å². The second kappa shape index (κ2) is 7.21. The molecule has 2 fully saturated rings. The number of nitrogens with two attached hydrogens (primary N) is 1. The van der Waals surface area contributed by atoms with Crippen LogP contribution in [0.25, 0.3) is 0 Å². The number of carbonyl (C=O) groups is 2. The molecule has 0 aromatic heterocycles. The molecule has 6 nitrogen and oxygen atoms in total. The summed E-state index contributed by atoms with van der Waals surface area (Å²) in [5.41, 5.74) is 6.78. The normalized spacial score (nSPS) is 22.5. The van der Waals surface area contributed by atoms with Gasteiger partial charge >= 0.3 is 6.03 Å². The lowest BCUT2D eigenvalue weighted by Crippen LogP contribution is -2.48. The zero-order chi connectivity index (χ0) is 17.0. The summed E-state index contributed by atoms with van der Waals surface area (Å²) in [5.74, 6) is -0.399. The van der Waals surface area contributed by atoms with Gasteiger partial charge in [0.15, 0.2) is 0 Å². The van der Waals surface area contributed by atoms with Crippen molar-refractivity contribution in [2.75, 3.05) is 26.2 Å². The van der Waals surface area contributed by atoms with Crippen molar-refractivity contribution in [3.63, 3.8) is 0 Å². The van der Waals surface area contributed by atoms with E-state index in [4.69, 9.17) is 5.73 Å². The molecule has 2 aliphatic rings. The van der Waals surface area contributed by atoms with Crippen LogP contribution >= 0.6 is 0 Å². The second-order valence-corrected chi connectivity index (χ2v) is 6.97. The first kappa shape index (κ1) is 16.8. The minimum Gasteiger partial charge on any atom is -0.368 e. The largest absolute Gasteiger partial charge is 0.368 e. The third-order valence-corrected chi connectivity index (χ3v) is 5.29. The van der Waals surface area contributed by atoms with Gasteiger partial charge < -0.3 is 21.3 Å². The SMILES string of the molecule is NC(=O)C1CC2(CCNCC2)CN1C(=O)NCCc1ccccc1. The summed E-state index contributed by atoms with van der Waals surface area (Å²) >= 11 is 0. The van der Waals surface area contributed by atoms with Gasteiger partial charge in [0.25, 0.3) is 0 Å². The molecule has 24 heavy (non-hydrogen) atoms. The van der Waals surface area contributed by atoms with Gasteiger partial charge in [-0.15, -0.1) is 0 Å². The van der Waals surface area contributed by atoms with Gasteiger partial charge in [0.1, 0.15) is 6.04 Å². The average Bonchev–Trinajstić information content (AvgIpc) is 2.96. The highest BCUT2D eigenvalue weighted by Crippen LogP contribution is 2.41. The van der Waals surface area contributed by atoms with Crippen LogP contribution in [-0.4, -0.2) is 49.1 Å². The minimum absolute atomic E-state index is 0.0434. The van der Waals surface area contributed by atoms with Gasteiger partial charge in [-0.2, -0.15) is 0 Å². The molecule has 0 radical (unpaired) electrons. The Morgan fingerprint density at radius 1 is 1.25 bits per heavy atom. The molecule has 2 aliphatic heterocycles. The van der Waals surface area contributed by atoms with E-state index in [0.717, 1.165) is 32.4 Å². The maximum atomic E-state index is 12.6. The van der Waals surface area contributed by atoms with Crippen LogP contribution in [-0.2, 0) is 11.2 Å². The number of hydrogen-bond acceptors (Lipinski definition) is 3. The number of urea groups is 1. The number of nitrogens with zero attached hydrogens (tertiary/aromatic N) is 1. The summed E-state index contributed by atoms with van der Waals surface area (Å²) in [7, 11) is 0. The molecule has 2 heterocycles. The van der Waals surface area contributed by atoms with Crippen LogP contribution < -0.4 is 16.4 Å². The van der Waals surface area contributed by atoms with Crippen LogP contribution in [0.2, 0.25) is 0 Å². The fourth-order valence-corrected chi connectivity index (χ4v) is 3.90. The number of benzene rings is 1. The predicted octanol–water partition coefficient (Wildman–Crippen LogP) is 0.868. The number of piperidine rings is 1. The van der Waals surface area contributed by atoms with E-state index in [-0.39, 0.29) is 11.4 Å². The maximum absolute atomic E-state index is 12.6. The van der Waals surface area contributed by atoms with E-state index in [9.17, 15) is 9.59 Å². The summed E-state index contributed by atoms with van der Waals surface area (Å²) in [4.78, 5) is 26.0. The number of likely N-dealkylation sites (tertiary alicyclic amines) is 1. The first-order valence-electron chi connectivity index (χ1n) is 8.68. The molecule has 0 bridgehead atoms. The maximum Gasteiger partial charge on any atom is 0.318 e. The third-order valence-electron chi connectivity index (χ3n) is 5.29. The number of carbonyl (C=O) groups excluding carboxylic acids is 2. The van der Waals surface area contributed by atoms with E-state index >= 15 is 0 Å². The first-order chi connectivity index (χ1) is 11.6. The molecule has 3 rings (SSSR count). The number of nitrogens with one attached hydrogen (secondary N) is 2. The Kier molecular flexibility index (Phi) is 5.04. The zero-order valence-electron chi connectivity index (χ0n) is 14.0. The van der Waals surface area contributed by atoms with Gasteiger partial charge in [0, 0.05) is 13.1 Å². The van der Waals surface area contributed by atoms with Gasteiger partial charge in [-0.05, 0) is 49.8 Å². The highest BCUT2D eigenvalue weighted by Gasteiger charge is 2.48. The zero-order valence-corrected chi connectivity index (χ0v) is 14.0. The number of hydrogen-bond donors (Lipinski definition) is 3. The lowest BCUT2D eigenvalue weighted by atomic mass is 9.77. The molecule has 1 aromatic rings. The molecule has 1 spiro atoms. The van der Waals surface area contributed by atoms with E-state index in [1.54, 1.807) is 4.90 Å². The van der Waals surface area contributed by atoms with Crippen molar-refractivity contribution < 1.29 is 9.59 Å². The molecule has 0 aliphatic carbocycles. The molecule has 1 unspecified atom stereocenters. The minimum atomic E-state index is -0.486. The topological polar surface area (TPSA) is 87.5 Å². The standard InChI is InChI=1S/C18H26N4O2/c19-16(23)15-12-18(7-10-20-11-8-18)13-22(15)17(24)21-9-6-14-4-2-1-3-5-14/h1-5,15,20H,6-13H2,(H2,19,23)(H,21,24). The predicted molar refractivity (Wildman–Crippen MR) is 92.4 cm³/mol. The van der Waals surface area contributed by atoms with Crippen molar-refractivity contribution in [2.24, 2.45) is 11.1 Å². The molecule has 130 valence electrons. The number of amides is 3. The van der Waals surface area contributed by atoms with E-state index in [1.807, 2.05) is 30.3 Å². The van der Waals surface area contributed by atoms with Gasteiger partial charge in [-0.3, -0.25) is 4.79 Å². The van der Waals surface area contributed by atoms with Crippen molar-refractivity contribution in [3.05, 3.63) is 35.9 Å². The van der Waals surface area contributed by atoms with E-state index < -0.39 is 11.9 Å². The summed E-state index contributed by atoms with van der Waals surface area (Å²) in [6.07, 6.45) is 3.45. The van der Waals surface area contributed by atoms with Crippen LogP contribution in [0.4, 0.5) is 4.79 Å². The van der Waals surface area contributed by atoms with Gasteiger partial charge in [0.2, 0.25) is 5.91 Å². The molecule has 1 aromatic carbocycles. The Bertz CT molecular complexity index is 584. The smallest absolute Gasteiger partial charge is 0.318 e. The highest BCUT2D eigenvalue weighted by molar-refractivity contribution is 5.86. The third kappa shape index (κ3) is 3.70. The Morgan fingerprint density at radius 3 is 2.62 bits per heavy atom. The lowest BCUT2D eigenvalue weighted by molar-refractivity contribution is -0.121. The van der Waals surface area contributed by atoms with Crippen LogP contribution in [0, 0.1) is 5.41 Å². The quantitative estimate of drug-likeness (QED) is 0.765. The van der Waals surface area contributed by atoms with Crippen molar-refractivity contribution in [3.8, 4) is 0 Å². The summed E-state index contributed by atoms with van der Waals surface area (Å²) in [6, 6.07) is 9.37. The Balaban J connectivity index is 1.58. The summed E-state index contributed by atoms with van der Waals surface area (Å²) in [5, 5.41) is 6.28. The van der Waals surface area contributed by atoms with E-state index in [0.29, 0.717) is 19.5 Å². The highest BCUT2D eigenvalue weighted by atomic mass is 16.2. The van der Waals surface area contributed by atoms with Crippen LogP contribution in [0.15, 0.2) is 30.3 Å². The average molecular weight is 330 g/mol. The molecular formula is C18H26N4O2. The van der Waals surface area contributed by atoms with Crippen LogP contribution in [0.1, 0.15) is 24.8 Å². The van der Waals surface area contributed by atoms with Gasteiger partial charge in [-0.25, -0.2) is 4.79 Å². The fourth-order valence-electron chi connectivity index (χ4n) is 3.90. The Labute approximate surface area is 142 Å². The lowest BCUT2D eigenvalue weighted by Gasteiger charge is -2.33. The van der Waals surface area contributed by atoms with Crippen molar-refractivity contribution in [1.29, 1.82) is 0 Å². The molecular weight excluding hydrogens is 304 g/mol. The second-order valence-electron chi connectivity index (χ2n) is 6.97. The molecule has 6 heteroatoms. The van der Waals surface area contributed by atoms with Crippen molar-refractivity contribution in [1.82, 2.24) is 15.5 Å². The molecule has 3 amide bonds. The number of rotatable bonds is 4. The fraction of sp³-hybridized carbons (Fsp3) is 0.556. The summed E-state index contributed by atoms with van der Waals surface area (Å²) < 4.78 is 0.